The van der Waals surface area contributed by atoms with E-state index in [2.05, 4.69) is 12.2 Å². The normalized spacial score (nSPS) is 13.1. The molecule has 4 heteroatoms. The maximum Gasteiger partial charge on any atom is 0.273 e. The lowest BCUT2D eigenvalue weighted by Crippen LogP contribution is -2.27. The summed E-state index contributed by atoms with van der Waals surface area (Å²) < 4.78 is 10.7. The molecule has 0 aromatic rings. The molecule has 3 nitrogen and oxygen atoms in total. The number of nitrogens with two attached hydrogens (primary N) is 1. The third kappa shape index (κ3) is 6.06. The molecule has 0 fully saturated rings. The second-order valence-corrected chi connectivity index (χ2v) is 4.48. The van der Waals surface area contributed by atoms with Crippen LogP contribution in [-0.4, -0.2) is 21.9 Å². The quantitative estimate of drug-likeness (QED) is 0.445. The molecular weight excluding hydrogens is 144 g/mol. The summed E-state index contributed by atoms with van der Waals surface area (Å²) in [6.07, 6.45) is 0. The molecule has 10 heavy (non-hydrogen) atoms. The Bertz CT molecular complexity index is 108. The van der Waals surface area contributed by atoms with Gasteiger partial charge in [-0.3, -0.25) is 0 Å². The van der Waals surface area contributed by atoms with Crippen molar-refractivity contribution in [1.82, 2.24) is 5.32 Å². The summed E-state index contributed by atoms with van der Waals surface area (Å²) in [4.78, 5) is 0. The van der Waals surface area contributed by atoms with Crippen molar-refractivity contribution in [2.75, 3.05) is 13.2 Å². The summed E-state index contributed by atoms with van der Waals surface area (Å²) in [5.41, 5.74) is 5.23. The molecule has 0 amide bonds. The van der Waals surface area contributed by atoms with Gasteiger partial charge in [-0.05, 0) is 25.1 Å². The van der Waals surface area contributed by atoms with E-state index in [-0.39, 0.29) is 0 Å². The van der Waals surface area contributed by atoms with Crippen molar-refractivity contribution in [1.29, 1.82) is 0 Å². The molecule has 1 atom stereocenters. The van der Waals surface area contributed by atoms with Crippen molar-refractivity contribution in [2.24, 2.45) is 11.7 Å². The Morgan fingerprint density at radius 2 is 2.30 bits per heavy atom. The fourth-order valence-corrected chi connectivity index (χ4v) is 2.02. The van der Waals surface area contributed by atoms with Crippen LogP contribution in [0.2, 0.25) is 12.6 Å². The van der Waals surface area contributed by atoms with Gasteiger partial charge >= 0.3 is 0 Å². The van der Waals surface area contributed by atoms with E-state index >= 15 is 0 Å². The van der Waals surface area contributed by atoms with Gasteiger partial charge in [-0.1, -0.05) is 6.92 Å². The molecule has 60 valence electrons. The summed E-state index contributed by atoms with van der Waals surface area (Å²) in [5.74, 6) is 0.486. The van der Waals surface area contributed by atoms with Gasteiger partial charge in [0.15, 0.2) is 0 Å². The average molecular weight is 160 g/mol. The molecule has 0 aliphatic carbocycles. The van der Waals surface area contributed by atoms with Gasteiger partial charge in [0.1, 0.15) is 0 Å². The molecule has 3 N–H and O–H groups in total. The molecule has 0 aromatic carbocycles. The fourth-order valence-electron chi connectivity index (χ4n) is 0.893. The molecule has 0 rings (SSSR count). The van der Waals surface area contributed by atoms with Crippen molar-refractivity contribution in [3.8, 4) is 0 Å². The van der Waals surface area contributed by atoms with E-state index in [4.69, 9.17) is 5.73 Å². The van der Waals surface area contributed by atoms with E-state index in [0.717, 1.165) is 12.6 Å². The van der Waals surface area contributed by atoms with Gasteiger partial charge in [0.25, 0.3) is 8.68 Å². The lowest BCUT2D eigenvalue weighted by atomic mass is 10.2. The first-order valence-electron chi connectivity index (χ1n) is 3.57. The highest BCUT2D eigenvalue weighted by Gasteiger charge is 2.04. The highest BCUT2D eigenvalue weighted by Crippen LogP contribution is 2.00. The van der Waals surface area contributed by atoms with Crippen LogP contribution in [0, 0.1) is 5.92 Å². The Morgan fingerprint density at radius 1 is 1.70 bits per heavy atom. The molecule has 0 saturated carbocycles. The van der Waals surface area contributed by atoms with Crippen LogP contribution in [0.4, 0.5) is 0 Å². The molecule has 0 heterocycles. The lowest BCUT2D eigenvalue weighted by molar-refractivity contribution is 0.522. The van der Waals surface area contributed by atoms with Gasteiger partial charge in [-0.25, -0.2) is 0 Å². The van der Waals surface area contributed by atoms with Crippen LogP contribution in [0.15, 0.2) is 0 Å². The predicted octanol–water partition coefficient (Wildman–Crippen LogP) is 0.180. The maximum atomic E-state index is 10.7. The van der Waals surface area contributed by atoms with Crippen molar-refractivity contribution in [3.63, 3.8) is 0 Å². The third-order valence-corrected chi connectivity index (χ3v) is 2.54. The smallest absolute Gasteiger partial charge is 0.273 e. The maximum absolute atomic E-state index is 10.7. The van der Waals surface area contributed by atoms with Crippen LogP contribution in [0.3, 0.4) is 0 Å². The first-order chi connectivity index (χ1) is 4.66. The van der Waals surface area contributed by atoms with E-state index in [1.54, 1.807) is 6.55 Å². The summed E-state index contributed by atoms with van der Waals surface area (Å²) in [6, 6.07) is 0.831. The zero-order valence-electron chi connectivity index (χ0n) is 6.68. The standard InChI is InChI=1S/C6H16N2OSi/c1-6(3-8-5-7)4-10(2)9/h6,8H,3-5,7H2,1-2H3. The zero-order chi connectivity index (χ0) is 7.98. The van der Waals surface area contributed by atoms with Crippen molar-refractivity contribution < 1.29 is 4.46 Å². The minimum Gasteiger partial charge on any atom is -0.389 e. The highest BCUT2D eigenvalue weighted by molar-refractivity contribution is 6.40. The monoisotopic (exact) mass is 160 g/mol. The molecule has 0 aliphatic heterocycles. The van der Waals surface area contributed by atoms with Gasteiger partial charge in [0, 0.05) is 6.67 Å². The number of hydrogen-bond donors (Lipinski definition) is 2. The summed E-state index contributed by atoms with van der Waals surface area (Å²) >= 11 is 0. The SMILES string of the molecule is CC(CNCN)C[Si](C)=O. The van der Waals surface area contributed by atoms with Crippen molar-refractivity contribution in [2.45, 2.75) is 19.5 Å². The van der Waals surface area contributed by atoms with Gasteiger partial charge in [0.05, 0.1) is 0 Å². The highest BCUT2D eigenvalue weighted by atomic mass is 28.3. The number of rotatable bonds is 5. The minimum absolute atomic E-state index is 0.486. The summed E-state index contributed by atoms with van der Waals surface area (Å²) in [6.45, 7) is 5.26. The molecule has 0 aromatic heterocycles. The Kier molecular flexibility index (Phi) is 5.67. The Morgan fingerprint density at radius 3 is 2.70 bits per heavy atom. The largest absolute Gasteiger partial charge is 0.389 e. The molecule has 1 unspecified atom stereocenters. The van der Waals surface area contributed by atoms with E-state index in [1.807, 2.05) is 0 Å². The zero-order valence-corrected chi connectivity index (χ0v) is 7.68. The van der Waals surface area contributed by atoms with E-state index < -0.39 is 8.68 Å². The lowest BCUT2D eigenvalue weighted by Gasteiger charge is -2.07. The fraction of sp³-hybridized carbons (Fsp3) is 1.00. The Balaban J connectivity index is 3.25. The summed E-state index contributed by atoms with van der Waals surface area (Å²) in [7, 11) is -1.29. The van der Waals surface area contributed by atoms with Gasteiger partial charge in [-0.15, -0.1) is 0 Å². The molecule has 0 aliphatic rings. The van der Waals surface area contributed by atoms with Crippen LogP contribution in [0.25, 0.3) is 0 Å². The first kappa shape index (κ1) is 9.94. The minimum atomic E-state index is -1.29. The average Bonchev–Trinajstić information content (AvgIpc) is 1.82. The van der Waals surface area contributed by atoms with E-state index in [1.165, 1.54) is 0 Å². The van der Waals surface area contributed by atoms with Gasteiger partial charge < -0.3 is 15.5 Å². The molecule has 0 bridgehead atoms. The van der Waals surface area contributed by atoms with Gasteiger partial charge in [-0.2, -0.15) is 0 Å². The second-order valence-electron chi connectivity index (χ2n) is 2.67. The molecule has 0 saturated heterocycles. The summed E-state index contributed by atoms with van der Waals surface area (Å²) in [5, 5.41) is 3.01. The topological polar surface area (TPSA) is 55.1 Å². The van der Waals surface area contributed by atoms with Crippen molar-refractivity contribution >= 4 is 8.68 Å². The van der Waals surface area contributed by atoms with Crippen molar-refractivity contribution in [3.05, 3.63) is 0 Å². The molecular formula is C6H16N2OSi. The first-order valence-corrected chi connectivity index (χ1v) is 5.68. The van der Waals surface area contributed by atoms with E-state index in [9.17, 15) is 4.46 Å². The predicted molar refractivity (Wildman–Crippen MR) is 43.3 cm³/mol. The Hall–Kier alpha value is -0.0631. The Labute approximate surface area is 63.7 Å². The number of hydrogen-bond acceptors (Lipinski definition) is 3. The molecule has 0 radical (unpaired) electrons. The van der Waals surface area contributed by atoms with Crippen LogP contribution in [0.1, 0.15) is 6.92 Å². The van der Waals surface area contributed by atoms with Crippen LogP contribution in [0.5, 0.6) is 0 Å². The third-order valence-electron chi connectivity index (χ3n) is 1.27. The van der Waals surface area contributed by atoms with E-state index in [0.29, 0.717) is 12.6 Å². The van der Waals surface area contributed by atoms with Crippen LogP contribution in [-0.2, 0) is 4.46 Å². The van der Waals surface area contributed by atoms with Gasteiger partial charge in [0.2, 0.25) is 0 Å². The van der Waals surface area contributed by atoms with Crippen LogP contribution >= 0.6 is 0 Å². The second kappa shape index (κ2) is 5.70. The molecule has 0 spiro atoms. The van der Waals surface area contributed by atoms with Crippen LogP contribution < -0.4 is 11.1 Å². The number of nitrogens with one attached hydrogen (secondary N) is 1.